The molecular weight excluding hydrogens is 396 g/mol. The maximum Gasteiger partial charge on any atom is 0.342 e. The van der Waals surface area contributed by atoms with Gasteiger partial charge in [0, 0.05) is 36.1 Å². The number of ether oxygens (including phenoxy) is 4. The maximum atomic E-state index is 13.3. The van der Waals surface area contributed by atoms with Crippen molar-refractivity contribution in [3.05, 3.63) is 69.8 Å². The number of benzene rings is 2. The Bertz CT molecular complexity index is 1040. The van der Waals surface area contributed by atoms with Crippen molar-refractivity contribution >= 4 is 29.7 Å². The molecule has 0 amide bonds. The molecule has 2 unspecified atom stereocenters. The molecule has 0 fully saturated rings. The molecule has 0 spiro atoms. The van der Waals surface area contributed by atoms with Crippen LogP contribution in [0.3, 0.4) is 0 Å². The lowest BCUT2D eigenvalue weighted by Crippen LogP contribution is -2.12. The highest BCUT2D eigenvalue weighted by Gasteiger charge is 2.40. The number of ketones is 1. The summed E-state index contributed by atoms with van der Waals surface area (Å²) in [5.74, 6) is -3.60. The smallest absolute Gasteiger partial charge is 0.342 e. The van der Waals surface area contributed by atoms with Gasteiger partial charge in [0.15, 0.2) is 5.78 Å². The summed E-state index contributed by atoms with van der Waals surface area (Å²) in [4.78, 5) is 60.5. The SMILES string of the molecule is CC(=O)OC1OC(=O)c2c(C(=O)c3cccc4c3C(=O)OC4OC(C)=O)cccc21. The number of cyclic esters (lactones) is 2. The third kappa shape index (κ3) is 3.10. The van der Waals surface area contributed by atoms with Crippen LogP contribution in [0.4, 0.5) is 0 Å². The zero-order valence-electron chi connectivity index (χ0n) is 15.8. The molecule has 152 valence electrons. The van der Waals surface area contributed by atoms with Gasteiger partial charge >= 0.3 is 23.9 Å². The molecule has 9 heteroatoms. The monoisotopic (exact) mass is 410 g/mol. The Morgan fingerprint density at radius 1 is 0.733 bits per heavy atom. The minimum atomic E-state index is -1.25. The van der Waals surface area contributed by atoms with Crippen LogP contribution in [0.5, 0.6) is 0 Å². The second kappa shape index (κ2) is 7.11. The van der Waals surface area contributed by atoms with E-state index in [1.807, 2.05) is 0 Å². The Kier molecular flexibility index (Phi) is 4.57. The third-order valence-electron chi connectivity index (χ3n) is 4.57. The van der Waals surface area contributed by atoms with Crippen molar-refractivity contribution in [2.45, 2.75) is 26.4 Å². The summed E-state index contributed by atoms with van der Waals surface area (Å²) in [5.41, 5.74) is 0.320. The van der Waals surface area contributed by atoms with E-state index in [1.165, 1.54) is 50.2 Å². The minimum absolute atomic E-state index is 0.0238. The Labute approximate surface area is 169 Å². The summed E-state index contributed by atoms with van der Waals surface area (Å²) < 4.78 is 20.1. The third-order valence-corrected chi connectivity index (χ3v) is 4.57. The van der Waals surface area contributed by atoms with Gasteiger partial charge < -0.3 is 18.9 Å². The van der Waals surface area contributed by atoms with Crippen LogP contribution in [0.2, 0.25) is 0 Å². The van der Waals surface area contributed by atoms with Gasteiger partial charge in [-0.15, -0.1) is 0 Å². The molecule has 0 saturated carbocycles. The van der Waals surface area contributed by atoms with Crippen LogP contribution < -0.4 is 0 Å². The average molecular weight is 410 g/mol. The Morgan fingerprint density at radius 2 is 1.13 bits per heavy atom. The molecule has 0 bridgehead atoms. The lowest BCUT2D eigenvalue weighted by atomic mass is 9.91. The number of fused-ring (bicyclic) bond motifs is 2. The fraction of sp³-hybridized carbons (Fsp3) is 0.190. The predicted molar refractivity (Wildman–Crippen MR) is 96.2 cm³/mol. The normalized spacial score (nSPS) is 18.7. The van der Waals surface area contributed by atoms with Crippen LogP contribution in [0.1, 0.15) is 74.2 Å². The zero-order valence-corrected chi connectivity index (χ0v) is 15.8. The second-order valence-corrected chi connectivity index (χ2v) is 6.56. The molecule has 0 saturated heterocycles. The lowest BCUT2D eigenvalue weighted by molar-refractivity contribution is -0.166. The number of carbonyl (C=O) groups excluding carboxylic acids is 5. The van der Waals surface area contributed by atoms with Gasteiger partial charge in [-0.3, -0.25) is 14.4 Å². The molecule has 2 aliphatic heterocycles. The summed E-state index contributed by atoms with van der Waals surface area (Å²) >= 11 is 0. The molecule has 2 heterocycles. The summed E-state index contributed by atoms with van der Waals surface area (Å²) in [6.45, 7) is 2.33. The molecule has 30 heavy (non-hydrogen) atoms. The number of esters is 4. The van der Waals surface area contributed by atoms with E-state index in [1.54, 1.807) is 0 Å². The predicted octanol–water partition coefficient (Wildman–Crippen LogP) is 2.38. The summed E-state index contributed by atoms with van der Waals surface area (Å²) in [6, 6.07) is 8.83. The van der Waals surface area contributed by atoms with E-state index in [-0.39, 0.29) is 33.4 Å². The van der Waals surface area contributed by atoms with Gasteiger partial charge in [-0.25, -0.2) is 9.59 Å². The van der Waals surface area contributed by atoms with E-state index < -0.39 is 42.2 Å². The second-order valence-electron chi connectivity index (χ2n) is 6.56. The fourth-order valence-corrected chi connectivity index (χ4v) is 3.43. The molecule has 9 nitrogen and oxygen atoms in total. The van der Waals surface area contributed by atoms with E-state index in [9.17, 15) is 24.0 Å². The van der Waals surface area contributed by atoms with Gasteiger partial charge in [0.2, 0.25) is 0 Å². The Morgan fingerprint density at radius 3 is 1.50 bits per heavy atom. The first-order valence-corrected chi connectivity index (χ1v) is 8.85. The fourth-order valence-electron chi connectivity index (χ4n) is 3.43. The average Bonchev–Trinajstić information content (AvgIpc) is 3.17. The van der Waals surface area contributed by atoms with E-state index in [0.717, 1.165) is 0 Å². The first-order valence-electron chi connectivity index (χ1n) is 8.85. The number of rotatable bonds is 4. The van der Waals surface area contributed by atoms with Crippen molar-refractivity contribution in [3.63, 3.8) is 0 Å². The van der Waals surface area contributed by atoms with Crippen molar-refractivity contribution in [3.8, 4) is 0 Å². The quantitative estimate of drug-likeness (QED) is 0.552. The zero-order chi connectivity index (χ0) is 21.6. The van der Waals surface area contributed by atoms with Gasteiger partial charge in [0.1, 0.15) is 0 Å². The van der Waals surface area contributed by atoms with Crippen LogP contribution in [0.25, 0.3) is 0 Å². The molecule has 4 rings (SSSR count). The van der Waals surface area contributed by atoms with Gasteiger partial charge in [-0.2, -0.15) is 0 Å². The number of carbonyl (C=O) groups is 5. The van der Waals surface area contributed by atoms with E-state index in [2.05, 4.69) is 0 Å². The van der Waals surface area contributed by atoms with Gasteiger partial charge in [0.05, 0.1) is 11.1 Å². The van der Waals surface area contributed by atoms with Crippen molar-refractivity contribution in [2.75, 3.05) is 0 Å². The minimum Gasteiger partial charge on any atom is -0.421 e. The summed E-state index contributed by atoms with van der Waals surface area (Å²) in [7, 11) is 0. The highest BCUT2D eigenvalue weighted by Crippen LogP contribution is 2.37. The standard InChI is InChI=1S/C21H14O9/c1-9(22)27-20-13-7-3-5-11(15(13)18(25)29-20)17(24)12-6-4-8-14-16(12)19(26)30-21(14)28-10(2)23/h3-8,20-21H,1-2H3. The number of hydrogen-bond acceptors (Lipinski definition) is 9. The largest absolute Gasteiger partial charge is 0.421 e. The topological polar surface area (TPSA) is 122 Å². The summed E-state index contributed by atoms with van der Waals surface area (Å²) in [6.07, 6.45) is -2.50. The van der Waals surface area contributed by atoms with Crippen LogP contribution in [0, 0.1) is 0 Å². The Hall–Kier alpha value is -4.01. The van der Waals surface area contributed by atoms with Crippen molar-refractivity contribution in [1.29, 1.82) is 0 Å². The first-order chi connectivity index (χ1) is 14.3. The highest BCUT2D eigenvalue weighted by atomic mass is 16.7. The molecule has 2 aromatic carbocycles. The molecule has 0 N–H and O–H groups in total. The van der Waals surface area contributed by atoms with Crippen molar-refractivity contribution in [2.24, 2.45) is 0 Å². The van der Waals surface area contributed by atoms with Crippen LogP contribution in [-0.4, -0.2) is 29.7 Å². The van der Waals surface area contributed by atoms with Crippen LogP contribution in [-0.2, 0) is 28.5 Å². The Balaban J connectivity index is 1.78. The first kappa shape index (κ1) is 19.3. The maximum absolute atomic E-state index is 13.3. The van der Waals surface area contributed by atoms with Gasteiger partial charge in [0.25, 0.3) is 12.6 Å². The lowest BCUT2D eigenvalue weighted by Gasteiger charge is -2.11. The van der Waals surface area contributed by atoms with Crippen LogP contribution >= 0.6 is 0 Å². The molecule has 0 aliphatic carbocycles. The number of hydrogen-bond donors (Lipinski definition) is 0. The van der Waals surface area contributed by atoms with E-state index >= 15 is 0 Å². The molecule has 0 radical (unpaired) electrons. The van der Waals surface area contributed by atoms with E-state index in [4.69, 9.17) is 18.9 Å². The molecule has 2 atom stereocenters. The van der Waals surface area contributed by atoms with Crippen molar-refractivity contribution in [1.82, 2.24) is 0 Å². The summed E-state index contributed by atoms with van der Waals surface area (Å²) in [5, 5.41) is 0. The van der Waals surface area contributed by atoms with Crippen LogP contribution in [0.15, 0.2) is 36.4 Å². The molecule has 0 aromatic heterocycles. The molecule has 2 aromatic rings. The highest BCUT2D eigenvalue weighted by molar-refractivity contribution is 6.19. The van der Waals surface area contributed by atoms with Crippen molar-refractivity contribution < 1.29 is 42.9 Å². The van der Waals surface area contributed by atoms with E-state index in [0.29, 0.717) is 0 Å². The van der Waals surface area contributed by atoms with Gasteiger partial charge in [-0.05, 0) is 0 Å². The molecular formula is C21H14O9. The molecule has 2 aliphatic rings. The van der Waals surface area contributed by atoms with Gasteiger partial charge in [-0.1, -0.05) is 36.4 Å².